The van der Waals surface area contributed by atoms with Gasteiger partial charge in [-0.25, -0.2) is 4.79 Å². The van der Waals surface area contributed by atoms with E-state index in [0.29, 0.717) is 62.5 Å². The summed E-state index contributed by atoms with van der Waals surface area (Å²) in [5.41, 5.74) is 0.545. The lowest BCUT2D eigenvalue weighted by atomic mass is 9.98. The fraction of sp³-hybridized carbons (Fsp3) is 0.619. The molecule has 2 rings (SSSR count). The van der Waals surface area contributed by atoms with Crippen molar-refractivity contribution in [1.29, 1.82) is 0 Å². The summed E-state index contributed by atoms with van der Waals surface area (Å²) in [4.78, 5) is 26.5. The van der Waals surface area contributed by atoms with Gasteiger partial charge >= 0.3 is 12.0 Å². The summed E-state index contributed by atoms with van der Waals surface area (Å²) in [6.07, 6.45) is 1.49. The predicted molar refractivity (Wildman–Crippen MR) is 110 cm³/mol. The minimum atomic E-state index is -0.284. The Balaban J connectivity index is 2.17. The van der Waals surface area contributed by atoms with Gasteiger partial charge in [0.15, 0.2) is 11.5 Å². The molecule has 0 spiro atoms. The molecule has 1 unspecified atom stereocenters. The predicted octanol–water partition coefficient (Wildman–Crippen LogP) is 3.69. The van der Waals surface area contributed by atoms with E-state index in [1.165, 1.54) is 0 Å². The first kappa shape index (κ1) is 22.6. The minimum absolute atomic E-state index is 0.247. The number of carbonyl (C=O) groups excluding carboxylic acids is 2. The molecular formula is C21H32N2O6. The molecule has 1 saturated heterocycles. The standard InChI is InChI=1S/C21H32N2O6/c1-5-26-17-12-16(13-18(27-6-2)19(17)28-7-3)22-21(25)23-11-9-10-15(14-23)20(24)29-8-4/h12-13,15H,5-11,14H2,1-4H3,(H,22,25). The van der Waals surface area contributed by atoms with E-state index in [-0.39, 0.29) is 17.9 Å². The van der Waals surface area contributed by atoms with Gasteiger partial charge in [0.2, 0.25) is 5.75 Å². The Morgan fingerprint density at radius 1 is 1.00 bits per heavy atom. The van der Waals surface area contributed by atoms with Gasteiger partial charge in [-0.05, 0) is 40.5 Å². The van der Waals surface area contributed by atoms with Crippen LogP contribution in [-0.4, -0.2) is 56.4 Å². The van der Waals surface area contributed by atoms with Gasteiger partial charge in [-0.2, -0.15) is 0 Å². The highest BCUT2D eigenvalue weighted by Gasteiger charge is 2.29. The van der Waals surface area contributed by atoms with Crippen molar-refractivity contribution >= 4 is 17.7 Å². The van der Waals surface area contributed by atoms with Crippen molar-refractivity contribution in [3.63, 3.8) is 0 Å². The lowest BCUT2D eigenvalue weighted by molar-refractivity contribution is -0.149. The Hall–Kier alpha value is -2.64. The first-order valence-electron chi connectivity index (χ1n) is 10.3. The maximum absolute atomic E-state index is 12.8. The Labute approximate surface area is 172 Å². The Morgan fingerprint density at radius 3 is 2.17 bits per heavy atom. The summed E-state index contributed by atoms with van der Waals surface area (Å²) in [5, 5.41) is 2.89. The average Bonchev–Trinajstić information content (AvgIpc) is 2.71. The van der Waals surface area contributed by atoms with Crippen molar-refractivity contribution in [1.82, 2.24) is 4.90 Å². The molecule has 162 valence electrons. The topological polar surface area (TPSA) is 86.3 Å². The van der Waals surface area contributed by atoms with Crippen LogP contribution in [0.4, 0.5) is 10.5 Å². The SMILES string of the molecule is CCOC(=O)C1CCCN(C(=O)Nc2cc(OCC)c(OCC)c(OCC)c2)C1. The summed E-state index contributed by atoms with van der Waals surface area (Å²) in [5.74, 6) is 1.02. The molecule has 0 bridgehead atoms. The molecule has 0 aliphatic carbocycles. The number of piperidine rings is 1. The largest absolute Gasteiger partial charge is 0.490 e. The highest BCUT2D eigenvalue weighted by atomic mass is 16.5. The van der Waals surface area contributed by atoms with Crippen LogP contribution in [0.3, 0.4) is 0 Å². The molecule has 8 nitrogen and oxygen atoms in total. The van der Waals surface area contributed by atoms with Gasteiger partial charge in [-0.15, -0.1) is 0 Å². The second-order valence-corrected chi connectivity index (χ2v) is 6.57. The molecule has 1 atom stereocenters. The molecule has 1 aliphatic rings. The van der Waals surface area contributed by atoms with Gasteiger partial charge in [-0.3, -0.25) is 4.79 Å². The number of urea groups is 1. The van der Waals surface area contributed by atoms with Gasteiger partial charge in [0.25, 0.3) is 0 Å². The number of carbonyl (C=O) groups is 2. The van der Waals surface area contributed by atoms with Gasteiger partial charge in [0.1, 0.15) is 0 Å². The monoisotopic (exact) mass is 408 g/mol. The smallest absolute Gasteiger partial charge is 0.321 e. The van der Waals surface area contributed by atoms with E-state index < -0.39 is 0 Å². The van der Waals surface area contributed by atoms with E-state index in [0.717, 1.165) is 12.8 Å². The number of anilines is 1. The van der Waals surface area contributed by atoms with Crippen molar-refractivity contribution in [2.24, 2.45) is 5.92 Å². The number of nitrogens with one attached hydrogen (secondary N) is 1. The summed E-state index contributed by atoms with van der Waals surface area (Å²) in [6, 6.07) is 3.18. The Morgan fingerprint density at radius 2 is 1.62 bits per heavy atom. The fourth-order valence-electron chi connectivity index (χ4n) is 3.28. The van der Waals surface area contributed by atoms with Crippen molar-refractivity contribution < 1.29 is 28.5 Å². The molecular weight excluding hydrogens is 376 g/mol. The molecule has 1 fully saturated rings. The molecule has 1 aliphatic heterocycles. The number of hydrogen-bond donors (Lipinski definition) is 1. The van der Waals surface area contributed by atoms with E-state index in [4.69, 9.17) is 18.9 Å². The van der Waals surface area contributed by atoms with Gasteiger partial charge < -0.3 is 29.2 Å². The second kappa shape index (κ2) is 11.4. The number of rotatable bonds is 9. The van der Waals surface area contributed by atoms with Crippen LogP contribution >= 0.6 is 0 Å². The van der Waals surface area contributed by atoms with Crippen LogP contribution in [0.5, 0.6) is 17.2 Å². The second-order valence-electron chi connectivity index (χ2n) is 6.57. The van der Waals surface area contributed by atoms with Gasteiger partial charge in [0.05, 0.1) is 38.0 Å². The number of ether oxygens (including phenoxy) is 4. The van der Waals surface area contributed by atoms with Crippen LogP contribution in [-0.2, 0) is 9.53 Å². The summed E-state index contributed by atoms with van der Waals surface area (Å²) in [7, 11) is 0. The number of benzene rings is 1. The average molecular weight is 408 g/mol. The number of nitrogens with zero attached hydrogens (tertiary/aromatic N) is 1. The van der Waals surface area contributed by atoms with E-state index >= 15 is 0 Å². The van der Waals surface area contributed by atoms with E-state index in [1.54, 1.807) is 24.0 Å². The number of likely N-dealkylation sites (tertiary alicyclic amines) is 1. The van der Waals surface area contributed by atoms with Crippen LogP contribution in [0.1, 0.15) is 40.5 Å². The van der Waals surface area contributed by atoms with Crippen LogP contribution in [0.25, 0.3) is 0 Å². The van der Waals surface area contributed by atoms with Crippen molar-refractivity contribution in [3.05, 3.63) is 12.1 Å². The molecule has 0 saturated carbocycles. The highest BCUT2D eigenvalue weighted by Crippen LogP contribution is 2.41. The molecule has 8 heteroatoms. The Bertz CT molecular complexity index is 667. The number of hydrogen-bond acceptors (Lipinski definition) is 6. The van der Waals surface area contributed by atoms with E-state index in [9.17, 15) is 9.59 Å². The molecule has 0 radical (unpaired) electrons. The maximum Gasteiger partial charge on any atom is 0.321 e. The molecule has 1 N–H and O–H groups in total. The number of amides is 2. The Kier molecular flexibility index (Phi) is 8.89. The summed E-state index contributed by atoms with van der Waals surface area (Å²) >= 11 is 0. The first-order chi connectivity index (χ1) is 14.0. The molecule has 1 heterocycles. The lowest BCUT2D eigenvalue weighted by Crippen LogP contribution is -2.44. The van der Waals surface area contributed by atoms with Crippen LogP contribution < -0.4 is 19.5 Å². The van der Waals surface area contributed by atoms with E-state index in [1.807, 2.05) is 20.8 Å². The first-order valence-corrected chi connectivity index (χ1v) is 10.3. The van der Waals surface area contributed by atoms with Crippen LogP contribution in [0.15, 0.2) is 12.1 Å². The fourth-order valence-corrected chi connectivity index (χ4v) is 3.28. The molecule has 0 aromatic heterocycles. The third-order valence-electron chi connectivity index (χ3n) is 4.49. The van der Waals surface area contributed by atoms with E-state index in [2.05, 4.69) is 5.32 Å². The highest BCUT2D eigenvalue weighted by molar-refractivity contribution is 5.90. The zero-order valence-electron chi connectivity index (χ0n) is 17.8. The van der Waals surface area contributed by atoms with Crippen molar-refractivity contribution in [2.75, 3.05) is 44.8 Å². The molecule has 1 aromatic rings. The van der Waals surface area contributed by atoms with Crippen LogP contribution in [0, 0.1) is 5.92 Å². The molecule has 2 amide bonds. The summed E-state index contributed by atoms with van der Waals surface area (Å²) in [6.45, 7) is 10.1. The minimum Gasteiger partial charge on any atom is -0.490 e. The van der Waals surface area contributed by atoms with Crippen molar-refractivity contribution in [3.8, 4) is 17.2 Å². The number of esters is 1. The third-order valence-corrected chi connectivity index (χ3v) is 4.49. The molecule has 1 aromatic carbocycles. The quantitative estimate of drug-likeness (QED) is 0.627. The van der Waals surface area contributed by atoms with Crippen LogP contribution in [0.2, 0.25) is 0 Å². The summed E-state index contributed by atoms with van der Waals surface area (Å²) < 4.78 is 22.2. The lowest BCUT2D eigenvalue weighted by Gasteiger charge is -2.31. The van der Waals surface area contributed by atoms with Crippen molar-refractivity contribution in [2.45, 2.75) is 40.5 Å². The molecule has 29 heavy (non-hydrogen) atoms. The zero-order chi connectivity index (χ0) is 21.2. The normalized spacial score (nSPS) is 16.1. The zero-order valence-corrected chi connectivity index (χ0v) is 17.8. The van der Waals surface area contributed by atoms with Gasteiger partial charge in [0, 0.05) is 25.2 Å². The maximum atomic E-state index is 12.8. The third kappa shape index (κ3) is 6.17. The van der Waals surface area contributed by atoms with Gasteiger partial charge in [-0.1, -0.05) is 0 Å².